The third-order valence-corrected chi connectivity index (χ3v) is 3.17. The van der Waals surface area contributed by atoms with Gasteiger partial charge in [-0.15, -0.1) is 0 Å². The first kappa shape index (κ1) is 16.0. The van der Waals surface area contributed by atoms with Gasteiger partial charge in [0.15, 0.2) is 0 Å². The standard InChI is InChI=1S/C4H12FN2OP.C3H7NO/c1-6(2)9(5,8)7(3)4;1-4(2)3-5/h1-4H3;3H,1-2H3. The molecule has 0 radical (unpaired) electrons. The van der Waals surface area contributed by atoms with Crippen molar-refractivity contribution in [2.45, 2.75) is 0 Å². The summed E-state index contributed by atoms with van der Waals surface area (Å²) >= 11 is 0. The zero-order chi connectivity index (χ0) is 11.9. The highest BCUT2D eigenvalue weighted by atomic mass is 31.2. The molecular formula is C7H19FN3O2P. The second-order valence-corrected chi connectivity index (χ2v) is 5.78. The van der Waals surface area contributed by atoms with Crippen molar-refractivity contribution in [1.29, 1.82) is 0 Å². The molecular weight excluding hydrogens is 208 g/mol. The van der Waals surface area contributed by atoms with Gasteiger partial charge in [-0.3, -0.25) is 9.36 Å². The van der Waals surface area contributed by atoms with Crippen molar-refractivity contribution in [1.82, 2.24) is 14.2 Å². The second-order valence-electron chi connectivity index (χ2n) is 3.24. The molecule has 0 aliphatic rings. The van der Waals surface area contributed by atoms with E-state index in [0.29, 0.717) is 0 Å². The van der Waals surface area contributed by atoms with Gasteiger partial charge < -0.3 is 4.90 Å². The van der Waals surface area contributed by atoms with E-state index in [2.05, 4.69) is 0 Å². The van der Waals surface area contributed by atoms with Crippen LogP contribution in [0.4, 0.5) is 4.20 Å². The molecule has 0 saturated carbocycles. The molecule has 0 atom stereocenters. The lowest BCUT2D eigenvalue weighted by atomic mass is 11.0. The Morgan fingerprint density at radius 3 is 1.21 bits per heavy atom. The number of rotatable bonds is 3. The largest absolute Gasteiger partial charge is 0.381 e. The van der Waals surface area contributed by atoms with E-state index >= 15 is 0 Å². The lowest BCUT2D eigenvalue weighted by molar-refractivity contribution is -0.115. The molecule has 5 nitrogen and oxygen atoms in total. The minimum absolute atomic E-state index is 0.750. The predicted molar refractivity (Wildman–Crippen MR) is 55.8 cm³/mol. The Kier molecular flexibility index (Phi) is 7.91. The second kappa shape index (κ2) is 6.92. The molecule has 0 aromatic carbocycles. The van der Waals surface area contributed by atoms with Crippen LogP contribution in [0.3, 0.4) is 0 Å². The topological polar surface area (TPSA) is 43.9 Å². The molecule has 7 heteroatoms. The Balaban J connectivity index is 0. The van der Waals surface area contributed by atoms with Crippen LogP contribution >= 0.6 is 7.75 Å². The zero-order valence-electron chi connectivity index (χ0n) is 9.56. The summed E-state index contributed by atoms with van der Waals surface area (Å²) in [6.45, 7) is 0. The summed E-state index contributed by atoms with van der Waals surface area (Å²) in [6, 6.07) is 0. The fourth-order valence-corrected chi connectivity index (χ4v) is 1.07. The van der Waals surface area contributed by atoms with Crippen LogP contribution in [0.5, 0.6) is 0 Å². The van der Waals surface area contributed by atoms with Crippen molar-refractivity contribution >= 4 is 14.2 Å². The van der Waals surface area contributed by atoms with Crippen LogP contribution in [-0.4, -0.2) is 62.9 Å². The highest BCUT2D eigenvalue weighted by molar-refractivity contribution is 7.53. The Bertz CT molecular complexity index is 197. The maximum Gasteiger partial charge on any atom is 0.381 e. The highest BCUT2D eigenvalue weighted by Gasteiger charge is 2.26. The van der Waals surface area contributed by atoms with Crippen LogP contribution in [0.25, 0.3) is 0 Å². The van der Waals surface area contributed by atoms with Crippen LogP contribution in [0, 0.1) is 0 Å². The van der Waals surface area contributed by atoms with Crippen LogP contribution in [-0.2, 0) is 9.36 Å². The molecule has 1 amide bonds. The summed E-state index contributed by atoms with van der Waals surface area (Å²) in [6.07, 6.45) is 0.750. The number of amides is 1. The monoisotopic (exact) mass is 227 g/mol. The molecule has 0 fully saturated rings. The van der Waals surface area contributed by atoms with Crippen LogP contribution in [0.2, 0.25) is 0 Å². The Hall–Kier alpha value is -0.450. The summed E-state index contributed by atoms with van der Waals surface area (Å²) < 4.78 is 25.7. The SMILES string of the molecule is CN(C)C=O.CN(C)P(=O)(F)N(C)C. The molecule has 0 bridgehead atoms. The van der Waals surface area contributed by atoms with E-state index in [-0.39, 0.29) is 0 Å². The van der Waals surface area contributed by atoms with Gasteiger partial charge >= 0.3 is 7.75 Å². The van der Waals surface area contributed by atoms with E-state index in [1.165, 1.54) is 33.1 Å². The van der Waals surface area contributed by atoms with Gasteiger partial charge in [0, 0.05) is 14.1 Å². The first-order valence-electron chi connectivity index (χ1n) is 3.93. The molecule has 86 valence electrons. The van der Waals surface area contributed by atoms with Gasteiger partial charge in [0.25, 0.3) is 0 Å². The zero-order valence-corrected chi connectivity index (χ0v) is 10.5. The number of hydrogen-bond acceptors (Lipinski definition) is 2. The van der Waals surface area contributed by atoms with Gasteiger partial charge in [0.1, 0.15) is 0 Å². The average molecular weight is 227 g/mol. The van der Waals surface area contributed by atoms with Gasteiger partial charge in [-0.25, -0.2) is 9.34 Å². The molecule has 0 spiro atoms. The third kappa shape index (κ3) is 7.00. The normalized spacial score (nSPS) is 10.9. The van der Waals surface area contributed by atoms with Crippen molar-refractivity contribution in [2.75, 3.05) is 42.3 Å². The van der Waals surface area contributed by atoms with Crippen LogP contribution in [0.15, 0.2) is 0 Å². The van der Waals surface area contributed by atoms with Crippen molar-refractivity contribution in [3.8, 4) is 0 Å². The Morgan fingerprint density at radius 1 is 1.00 bits per heavy atom. The Labute approximate surface area is 85.1 Å². The smallest absolute Gasteiger partial charge is 0.351 e. The van der Waals surface area contributed by atoms with Crippen LogP contribution < -0.4 is 0 Å². The fourth-order valence-electron chi connectivity index (χ4n) is 0.358. The summed E-state index contributed by atoms with van der Waals surface area (Å²) in [5.41, 5.74) is 0. The van der Waals surface area contributed by atoms with Gasteiger partial charge in [-0.05, 0) is 28.2 Å². The van der Waals surface area contributed by atoms with Gasteiger partial charge in [0.05, 0.1) is 0 Å². The molecule has 0 unspecified atom stereocenters. The van der Waals surface area contributed by atoms with Crippen molar-refractivity contribution in [2.24, 2.45) is 0 Å². The van der Waals surface area contributed by atoms with E-state index in [0.717, 1.165) is 15.8 Å². The van der Waals surface area contributed by atoms with Crippen molar-refractivity contribution in [3.05, 3.63) is 0 Å². The van der Waals surface area contributed by atoms with E-state index in [1.807, 2.05) is 0 Å². The lowest BCUT2D eigenvalue weighted by Crippen LogP contribution is -2.17. The fraction of sp³-hybridized carbons (Fsp3) is 0.857. The maximum atomic E-state index is 12.7. The van der Waals surface area contributed by atoms with Gasteiger partial charge in [-0.1, -0.05) is 0 Å². The number of halogens is 1. The lowest BCUT2D eigenvalue weighted by Gasteiger charge is -2.21. The van der Waals surface area contributed by atoms with Gasteiger partial charge in [-0.2, -0.15) is 4.20 Å². The highest BCUT2D eigenvalue weighted by Crippen LogP contribution is 2.50. The molecule has 0 saturated heterocycles. The minimum atomic E-state index is -3.67. The molecule has 0 aromatic heterocycles. The molecule has 0 aromatic rings. The number of carbonyl (C=O) groups excluding carboxylic acids is 1. The van der Waals surface area contributed by atoms with E-state index in [1.54, 1.807) is 14.1 Å². The summed E-state index contributed by atoms with van der Waals surface area (Å²) in [7, 11) is 5.49. The molecule has 0 aliphatic carbocycles. The van der Waals surface area contributed by atoms with E-state index < -0.39 is 7.75 Å². The molecule has 0 heterocycles. The first-order chi connectivity index (χ1) is 6.16. The van der Waals surface area contributed by atoms with E-state index in [9.17, 15) is 13.6 Å². The third-order valence-electron chi connectivity index (χ3n) is 1.20. The van der Waals surface area contributed by atoms with Crippen molar-refractivity contribution < 1.29 is 13.6 Å². The Morgan fingerprint density at radius 2 is 1.21 bits per heavy atom. The number of carbonyl (C=O) groups is 1. The molecule has 0 aliphatic heterocycles. The maximum absolute atomic E-state index is 12.7. The quantitative estimate of drug-likeness (QED) is 0.530. The average Bonchev–Trinajstić information content (AvgIpc) is 2.04. The molecule has 0 N–H and O–H groups in total. The summed E-state index contributed by atoms with van der Waals surface area (Å²) in [5.74, 6) is 0. The van der Waals surface area contributed by atoms with E-state index in [4.69, 9.17) is 0 Å². The van der Waals surface area contributed by atoms with Crippen molar-refractivity contribution in [3.63, 3.8) is 0 Å². The first-order valence-corrected chi connectivity index (χ1v) is 5.43. The predicted octanol–water partition coefficient (Wildman–Crippen LogP) is 0.892. The summed E-state index contributed by atoms with van der Waals surface area (Å²) in [4.78, 5) is 10.9. The summed E-state index contributed by atoms with van der Waals surface area (Å²) in [5, 5.41) is 0. The van der Waals surface area contributed by atoms with Crippen LogP contribution in [0.1, 0.15) is 0 Å². The molecule has 0 rings (SSSR count). The minimum Gasteiger partial charge on any atom is -0.351 e. The number of hydrogen-bond donors (Lipinski definition) is 0. The number of nitrogens with zero attached hydrogens (tertiary/aromatic N) is 3. The van der Waals surface area contributed by atoms with Gasteiger partial charge in [0.2, 0.25) is 6.41 Å². The molecule has 14 heavy (non-hydrogen) atoms.